The van der Waals surface area contributed by atoms with Gasteiger partial charge in [-0.2, -0.15) is 4.98 Å². The highest BCUT2D eigenvalue weighted by Gasteiger charge is 2.07. The number of benzene rings is 1. The van der Waals surface area contributed by atoms with Gasteiger partial charge in [0, 0.05) is 17.0 Å². The van der Waals surface area contributed by atoms with Crippen molar-refractivity contribution < 1.29 is 4.52 Å². The molecule has 1 heterocycles. The molecule has 0 bridgehead atoms. The zero-order valence-corrected chi connectivity index (χ0v) is 10.7. The van der Waals surface area contributed by atoms with Gasteiger partial charge < -0.3 is 10.3 Å². The molecule has 0 radical (unpaired) electrons. The molecular formula is C11H13Cl2N3O. The normalized spacial score (nSPS) is 10.0. The minimum Gasteiger partial charge on any atom is -0.339 e. The number of halogens is 2. The van der Waals surface area contributed by atoms with Crippen molar-refractivity contribution in [3.63, 3.8) is 0 Å². The Bertz CT molecular complexity index is 456. The second-order valence-electron chi connectivity index (χ2n) is 3.41. The van der Waals surface area contributed by atoms with Crippen LogP contribution in [0.3, 0.4) is 0 Å². The van der Waals surface area contributed by atoms with E-state index >= 15 is 0 Å². The van der Waals surface area contributed by atoms with Gasteiger partial charge in [0.25, 0.3) is 0 Å². The maximum absolute atomic E-state index is 5.79. The van der Waals surface area contributed by atoms with Crippen molar-refractivity contribution in [1.82, 2.24) is 10.1 Å². The summed E-state index contributed by atoms with van der Waals surface area (Å²) in [6, 6.07) is 7.32. The Morgan fingerprint density at radius 3 is 2.59 bits per heavy atom. The minimum absolute atomic E-state index is 0. The summed E-state index contributed by atoms with van der Waals surface area (Å²) in [6.45, 7) is 0.624. The van der Waals surface area contributed by atoms with Crippen molar-refractivity contribution in [3.8, 4) is 11.4 Å². The third-order valence-electron chi connectivity index (χ3n) is 2.17. The molecule has 92 valence electrons. The second-order valence-corrected chi connectivity index (χ2v) is 3.85. The molecule has 17 heavy (non-hydrogen) atoms. The quantitative estimate of drug-likeness (QED) is 0.930. The Balaban J connectivity index is 0.00000144. The maximum Gasteiger partial charge on any atom is 0.227 e. The van der Waals surface area contributed by atoms with E-state index in [9.17, 15) is 0 Å². The van der Waals surface area contributed by atoms with Gasteiger partial charge in [-0.15, -0.1) is 12.4 Å². The number of hydrogen-bond donors (Lipinski definition) is 1. The number of nitrogens with zero attached hydrogens (tertiary/aromatic N) is 2. The first-order chi connectivity index (χ1) is 7.79. The van der Waals surface area contributed by atoms with Crippen molar-refractivity contribution in [2.45, 2.75) is 12.8 Å². The Morgan fingerprint density at radius 2 is 1.94 bits per heavy atom. The van der Waals surface area contributed by atoms with Crippen molar-refractivity contribution in [2.75, 3.05) is 6.54 Å². The van der Waals surface area contributed by atoms with Crippen LogP contribution in [0.5, 0.6) is 0 Å². The van der Waals surface area contributed by atoms with Gasteiger partial charge in [0.1, 0.15) is 0 Å². The lowest BCUT2D eigenvalue weighted by molar-refractivity contribution is 0.376. The highest BCUT2D eigenvalue weighted by atomic mass is 35.5. The third-order valence-corrected chi connectivity index (χ3v) is 2.42. The van der Waals surface area contributed by atoms with E-state index in [1.807, 2.05) is 12.1 Å². The van der Waals surface area contributed by atoms with E-state index in [1.54, 1.807) is 12.1 Å². The SMILES string of the molecule is Cl.NCCCc1nc(-c2ccc(Cl)cc2)no1. The van der Waals surface area contributed by atoms with E-state index in [0.29, 0.717) is 23.3 Å². The van der Waals surface area contributed by atoms with Crippen LogP contribution in [0.15, 0.2) is 28.8 Å². The molecule has 6 heteroatoms. The standard InChI is InChI=1S/C11H12ClN3O.ClH/c12-9-5-3-8(4-6-9)11-14-10(16-15-11)2-1-7-13;/h3-6H,1-2,7,13H2;1H. The van der Waals surface area contributed by atoms with Crippen LogP contribution in [0.4, 0.5) is 0 Å². The first-order valence-corrected chi connectivity index (χ1v) is 5.46. The molecule has 2 rings (SSSR count). The fraction of sp³-hybridized carbons (Fsp3) is 0.273. The number of nitrogens with two attached hydrogens (primary N) is 1. The predicted molar refractivity (Wildman–Crippen MR) is 69.4 cm³/mol. The molecule has 1 aromatic heterocycles. The van der Waals surface area contributed by atoms with Crippen molar-refractivity contribution in [2.24, 2.45) is 5.73 Å². The number of aromatic nitrogens is 2. The Labute approximate surface area is 111 Å². The summed E-state index contributed by atoms with van der Waals surface area (Å²) in [7, 11) is 0. The first kappa shape index (κ1) is 14.0. The van der Waals surface area contributed by atoms with Gasteiger partial charge >= 0.3 is 0 Å². The zero-order valence-electron chi connectivity index (χ0n) is 9.10. The van der Waals surface area contributed by atoms with Crippen LogP contribution in [0.1, 0.15) is 12.3 Å². The number of hydrogen-bond acceptors (Lipinski definition) is 4. The van der Waals surface area contributed by atoms with E-state index in [4.69, 9.17) is 21.9 Å². The van der Waals surface area contributed by atoms with Crippen LogP contribution in [0, 0.1) is 0 Å². The van der Waals surface area contributed by atoms with Crippen molar-refractivity contribution in [3.05, 3.63) is 35.2 Å². The molecule has 0 aliphatic carbocycles. The summed E-state index contributed by atoms with van der Waals surface area (Å²) < 4.78 is 5.10. The largest absolute Gasteiger partial charge is 0.339 e. The maximum atomic E-state index is 5.79. The van der Waals surface area contributed by atoms with Crippen molar-refractivity contribution >= 4 is 24.0 Å². The molecule has 0 fully saturated rings. The summed E-state index contributed by atoms with van der Waals surface area (Å²) >= 11 is 5.79. The average Bonchev–Trinajstić information content (AvgIpc) is 2.76. The smallest absolute Gasteiger partial charge is 0.227 e. The van der Waals surface area contributed by atoms with Gasteiger partial charge in [0.2, 0.25) is 11.7 Å². The van der Waals surface area contributed by atoms with Crippen LogP contribution < -0.4 is 5.73 Å². The summed E-state index contributed by atoms with van der Waals surface area (Å²) in [4.78, 5) is 4.27. The van der Waals surface area contributed by atoms with E-state index in [-0.39, 0.29) is 12.4 Å². The highest BCUT2D eigenvalue weighted by Crippen LogP contribution is 2.18. The lowest BCUT2D eigenvalue weighted by Crippen LogP contribution is -2.00. The lowest BCUT2D eigenvalue weighted by Gasteiger charge is -1.93. The number of rotatable bonds is 4. The highest BCUT2D eigenvalue weighted by molar-refractivity contribution is 6.30. The molecule has 0 spiro atoms. The van der Waals surface area contributed by atoms with Gasteiger partial charge in [-0.1, -0.05) is 16.8 Å². The summed E-state index contributed by atoms with van der Waals surface area (Å²) in [6.07, 6.45) is 1.57. The van der Waals surface area contributed by atoms with E-state index in [0.717, 1.165) is 18.4 Å². The van der Waals surface area contributed by atoms with E-state index in [2.05, 4.69) is 10.1 Å². The molecule has 4 nitrogen and oxygen atoms in total. The molecule has 0 aliphatic rings. The Hall–Kier alpha value is -1.10. The summed E-state index contributed by atoms with van der Waals surface area (Å²) in [5.74, 6) is 1.21. The molecule has 0 aliphatic heterocycles. The van der Waals surface area contributed by atoms with Crippen LogP contribution in [-0.4, -0.2) is 16.7 Å². The molecule has 0 atom stereocenters. The Kier molecular flexibility index (Phi) is 5.41. The number of aryl methyl sites for hydroxylation is 1. The molecule has 0 saturated heterocycles. The molecule has 0 unspecified atom stereocenters. The predicted octanol–water partition coefficient (Wildman–Crippen LogP) is 2.70. The monoisotopic (exact) mass is 273 g/mol. The van der Waals surface area contributed by atoms with Gasteiger partial charge in [0.15, 0.2) is 0 Å². The van der Waals surface area contributed by atoms with E-state index < -0.39 is 0 Å². The van der Waals surface area contributed by atoms with Crippen LogP contribution >= 0.6 is 24.0 Å². The van der Waals surface area contributed by atoms with Gasteiger partial charge in [-0.25, -0.2) is 0 Å². The van der Waals surface area contributed by atoms with E-state index in [1.165, 1.54) is 0 Å². The molecule has 0 amide bonds. The minimum atomic E-state index is 0. The van der Waals surface area contributed by atoms with Crippen molar-refractivity contribution in [1.29, 1.82) is 0 Å². The second kappa shape index (κ2) is 6.59. The first-order valence-electron chi connectivity index (χ1n) is 5.08. The fourth-order valence-corrected chi connectivity index (χ4v) is 1.45. The van der Waals surface area contributed by atoms with Gasteiger partial charge in [-0.05, 0) is 37.2 Å². The average molecular weight is 274 g/mol. The summed E-state index contributed by atoms with van der Waals surface area (Å²) in [5.41, 5.74) is 6.30. The fourth-order valence-electron chi connectivity index (χ4n) is 1.33. The summed E-state index contributed by atoms with van der Waals surface area (Å²) in [5, 5.41) is 4.59. The van der Waals surface area contributed by atoms with Crippen LogP contribution in [0.2, 0.25) is 5.02 Å². The van der Waals surface area contributed by atoms with Crippen LogP contribution in [-0.2, 0) is 6.42 Å². The molecule has 1 aromatic carbocycles. The lowest BCUT2D eigenvalue weighted by atomic mass is 10.2. The van der Waals surface area contributed by atoms with Gasteiger partial charge in [-0.3, -0.25) is 0 Å². The van der Waals surface area contributed by atoms with Crippen LogP contribution in [0.25, 0.3) is 11.4 Å². The third kappa shape index (κ3) is 3.70. The molecule has 2 N–H and O–H groups in total. The Morgan fingerprint density at radius 1 is 1.24 bits per heavy atom. The van der Waals surface area contributed by atoms with Gasteiger partial charge in [0.05, 0.1) is 0 Å². The molecule has 0 saturated carbocycles. The molecule has 2 aromatic rings. The topological polar surface area (TPSA) is 64.9 Å². The molecular weight excluding hydrogens is 261 g/mol. The zero-order chi connectivity index (χ0) is 11.4.